The average Bonchev–Trinajstić information content (AvgIpc) is 2.72. The molecular weight excluding hydrogens is 270 g/mol. The Kier molecular flexibility index (Phi) is 4.17. The molecule has 1 heterocycles. The number of nitrogens with two attached hydrogens (primary N) is 1. The van der Waals surface area contributed by atoms with Crippen LogP contribution >= 0.6 is 22.9 Å². The van der Waals surface area contributed by atoms with E-state index in [0.29, 0.717) is 11.0 Å². The summed E-state index contributed by atoms with van der Waals surface area (Å²) in [7, 11) is 0. The van der Waals surface area contributed by atoms with Gasteiger partial charge in [-0.2, -0.15) is 0 Å². The molecule has 0 saturated heterocycles. The number of amides is 1. The van der Waals surface area contributed by atoms with Gasteiger partial charge in [-0.15, -0.1) is 11.3 Å². The van der Waals surface area contributed by atoms with Crippen LogP contribution in [0.5, 0.6) is 0 Å². The van der Waals surface area contributed by atoms with E-state index >= 15 is 0 Å². The molecule has 1 aromatic carbocycles. The Morgan fingerprint density at radius 1 is 1.50 bits per heavy atom. The molecule has 1 aromatic heterocycles. The second-order valence-corrected chi connectivity index (χ2v) is 5.47. The Labute approximate surface area is 114 Å². The fourth-order valence-corrected chi connectivity index (χ4v) is 2.46. The molecule has 0 spiro atoms. The molecule has 6 heteroatoms. The third-order valence-corrected chi connectivity index (χ3v) is 3.41. The van der Waals surface area contributed by atoms with Crippen LogP contribution in [0.25, 0.3) is 0 Å². The minimum Gasteiger partial charge on any atom is -0.380 e. The molecule has 0 aliphatic carbocycles. The third kappa shape index (κ3) is 3.72. The molecule has 0 atom stereocenters. The highest BCUT2D eigenvalue weighted by Gasteiger charge is 2.02. The number of primary amides is 1. The standard InChI is InChI=1S/C12H12ClN3OS/c13-12-16-7-10(18-12)6-15-9-3-1-2-8(4-9)5-11(14)17/h1-4,7,15H,5-6H2,(H2,14,17). The smallest absolute Gasteiger partial charge is 0.221 e. The lowest BCUT2D eigenvalue weighted by Crippen LogP contribution is -2.13. The normalized spacial score (nSPS) is 10.3. The summed E-state index contributed by atoms with van der Waals surface area (Å²) < 4.78 is 0.536. The van der Waals surface area contributed by atoms with Crippen LogP contribution in [0.4, 0.5) is 5.69 Å². The van der Waals surface area contributed by atoms with Gasteiger partial charge in [-0.05, 0) is 17.7 Å². The zero-order chi connectivity index (χ0) is 13.0. The van der Waals surface area contributed by atoms with Crippen molar-refractivity contribution in [1.29, 1.82) is 0 Å². The summed E-state index contributed by atoms with van der Waals surface area (Å²) >= 11 is 7.19. The number of hydrogen-bond donors (Lipinski definition) is 2. The third-order valence-electron chi connectivity index (χ3n) is 2.30. The minimum absolute atomic E-state index is 0.252. The van der Waals surface area contributed by atoms with Crippen LogP contribution in [-0.4, -0.2) is 10.9 Å². The van der Waals surface area contributed by atoms with E-state index in [4.69, 9.17) is 17.3 Å². The number of carbonyl (C=O) groups is 1. The molecule has 0 aliphatic rings. The van der Waals surface area contributed by atoms with Gasteiger partial charge in [-0.1, -0.05) is 23.7 Å². The van der Waals surface area contributed by atoms with Crippen LogP contribution in [0.15, 0.2) is 30.5 Å². The van der Waals surface area contributed by atoms with E-state index in [-0.39, 0.29) is 12.3 Å². The van der Waals surface area contributed by atoms with Crippen LogP contribution in [0, 0.1) is 0 Å². The lowest BCUT2D eigenvalue weighted by Gasteiger charge is -2.06. The maximum absolute atomic E-state index is 10.8. The molecule has 2 aromatic rings. The van der Waals surface area contributed by atoms with Gasteiger partial charge in [0.05, 0.1) is 13.0 Å². The van der Waals surface area contributed by atoms with Gasteiger partial charge in [-0.25, -0.2) is 4.98 Å². The molecule has 0 bridgehead atoms. The Morgan fingerprint density at radius 2 is 2.33 bits per heavy atom. The van der Waals surface area contributed by atoms with E-state index in [1.165, 1.54) is 11.3 Å². The van der Waals surface area contributed by atoms with Gasteiger partial charge in [0, 0.05) is 16.8 Å². The largest absolute Gasteiger partial charge is 0.380 e. The fraction of sp³-hybridized carbons (Fsp3) is 0.167. The van der Waals surface area contributed by atoms with Gasteiger partial charge in [0.15, 0.2) is 4.47 Å². The van der Waals surface area contributed by atoms with Crippen LogP contribution in [0.2, 0.25) is 4.47 Å². The second kappa shape index (κ2) is 5.84. The summed E-state index contributed by atoms with van der Waals surface area (Å²) in [5.41, 5.74) is 7.00. The van der Waals surface area contributed by atoms with Gasteiger partial charge in [0.2, 0.25) is 5.91 Å². The monoisotopic (exact) mass is 281 g/mol. The predicted molar refractivity (Wildman–Crippen MR) is 73.8 cm³/mol. The predicted octanol–water partition coefficient (Wildman–Crippen LogP) is 2.44. The molecule has 94 valence electrons. The minimum atomic E-state index is -0.332. The molecule has 0 aliphatic heterocycles. The second-order valence-electron chi connectivity index (χ2n) is 3.78. The fourth-order valence-electron chi connectivity index (χ4n) is 1.55. The number of halogens is 1. The topological polar surface area (TPSA) is 68.0 Å². The Morgan fingerprint density at radius 3 is 3.00 bits per heavy atom. The Balaban J connectivity index is 1.98. The van der Waals surface area contributed by atoms with Crippen molar-refractivity contribution in [2.24, 2.45) is 5.73 Å². The van der Waals surface area contributed by atoms with Gasteiger partial charge in [0.1, 0.15) is 0 Å². The van der Waals surface area contributed by atoms with E-state index in [1.807, 2.05) is 24.3 Å². The van der Waals surface area contributed by atoms with Crippen molar-refractivity contribution in [2.75, 3.05) is 5.32 Å². The van der Waals surface area contributed by atoms with Gasteiger partial charge >= 0.3 is 0 Å². The number of hydrogen-bond acceptors (Lipinski definition) is 4. The maximum atomic E-state index is 10.8. The van der Waals surface area contributed by atoms with E-state index in [9.17, 15) is 4.79 Å². The molecule has 18 heavy (non-hydrogen) atoms. The van der Waals surface area contributed by atoms with Crippen molar-refractivity contribution in [3.05, 3.63) is 45.4 Å². The highest BCUT2D eigenvalue weighted by molar-refractivity contribution is 7.15. The van der Waals surface area contributed by atoms with E-state index in [0.717, 1.165) is 16.1 Å². The summed E-state index contributed by atoms with van der Waals surface area (Å²) in [4.78, 5) is 15.9. The Hall–Kier alpha value is -1.59. The van der Waals surface area contributed by atoms with Gasteiger partial charge in [0.25, 0.3) is 0 Å². The van der Waals surface area contributed by atoms with Crippen molar-refractivity contribution in [2.45, 2.75) is 13.0 Å². The Bertz CT molecular complexity index is 556. The first kappa shape index (κ1) is 12.9. The zero-order valence-electron chi connectivity index (χ0n) is 9.52. The van der Waals surface area contributed by atoms with Crippen molar-refractivity contribution < 1.29 is 4.79 Å². The molecule has 1 amide bonds. The number of aromatic nitrogens is 1. The molecule has 0 saturated carbocycles. The van der Waals surface area contributed by atoms with Crippen molar-refractivity contribution in [3.8, 4) is 0 Å². The number of carbonyl (C=O) groups excluding carboxylic acids is 1. The zero-order valence-corrected chi connectivity index (χ0v) is 11.1. The van der Waals surface area contributed by atoms with E-state index in [1.54, 1.807) is 6.20 Å². The summed E-state index contributed by atoms with van der Waals surface area (Å²) in [6.45, 7) is 0.657. The number of nitrogens with one attached hydrogen (secondary N) is 1. The van der Waals surface area contributed by atoms with Crippen molar-refractivity contribution in [1.82, 2.24) is 4.98 Å². The number of benzene rings is 1. The molecule has 0 radical (unpaired) electrons. The summed E-state index contributed by atoms with van der Waals surface area (Å²) in [5, 5.41) is 3.25. The quantitative estimate of drug-likeness (QED) is 0.884. The van der Waals surface area contributed by atoms with Crippen LogP contribution in [0.3, 0.4) is 0 Å². The molecule has 2 rings (SSSR count). The molecule has 4 nitrogen and oxygen atoms in total. The number of anilines is 1. The molecular formula is C12H12ClN3OS. The molecule has 0 unspecified atom stereocenters. The highest BCUT2D eigenvalue weighted by atomic mass is 35.5. The first-order valence-corrected chi connectivity index (χ1v) is 6.54. The van der Waals surface area contributed by atoms with Gasteiger partial charge < -0.3 is 11.1 Å². The highest BCUT2D eigenvalue weighted by Crippen LogP contribution is 2.19. The molecule has 3 N–H and O–H groups in total. The van der Waals surface area contributed by atoms with Crippen LogP contribution < -0.4 is 11.1 Å². The molecule has 0 fully saturated rings. The lowest BCUT2D eigenvalue weighted by molar-refractivity contribution is -0.117. The summed E-state index contributed by atoms with van der Waals surface area (Å²) in [5.74, 6) is -0.332. The SMILES string of the molecule is NC(=O)Cc1cccc(NCc2cnc(Cl)s2)c1. The average molecular weight is 282 g/mol. The number of thiazole rings is 1. The maximum Gasteiger partial charge on any atom is 0.221 e. The number of rotatable bonds is 5. The summed E-state index contributed by atoms with van der Waals surface area (Å²) in [6.07, 6.45) is 2.00. The van der Waals surface area contributed by atoms with Crippen molar-refractivity contribution in [3.63, 3.8) is 0 Å². The number of nitrogens with zero attached hydrogens (tertiary/aromatic N) is 1. The van der Waals surface area contributed by atoms with E-state index < -0.39 is 0 Å². The lowest BCUT2D eigenvalue weighted by atomic mass is 10.1. The van der Waals surface area contributed by atoms with Gasteiger partial charge in [-0.3, -0.25) is 4.79 Å². The van der Waals surface area contributed by atoms with Crippen molar-refractivity contribution >= 4 is 34.5 Å². The van der Waals surface area contributed by atoms with Crippen LogP contribution in [-0.2, 0) is 17.8 Å². The van der Waals surface area contributed by atoms with E-state index in [2.05, 4.69) is 10.3 Å². The van der Waals surface area contributed by atoms with Crippen LogP contribution in [0.1, 0.15) is 10.4 Å². The first-order chi connectivity index (χ1) is 8.63. The first-order valence-electron chi connectivity index (χ1n) is 5.35. The summed E-state index contributed by atoms with van der Waals surface area (Å²) in [6, 6.07) is 7.61.